The number of rotatable bonds is 6. The van der Waals surface area contributed by atoms with E-state index in [2.05, 4.69) is 21.2 Å². The summed E-state index contributed by atoms with van der Waals surface area (Å²) in [6.07, 6.45) is 1.86. The largest absolute Gasteiger partial charge is 0.319 e. The van der Waals surface area contributed by atoms with Gasteiger partial charge < -0.3 is 5.32 Å². The summed E-state index contributed by atoms with van der Waals surface area (Å²) in [4.78, 5) is 1.04. The SMILES string of the molecule is CNCC1CCN(S(=O)(=O)N(C)Cc2cc(Br)cs2)CC1. The quantitative estimate of drug-likeness (QED) is 0.802. The summed E-state index contributed by atoms with van der Waals surface area (Å²) in [5.41, 5.74) is 0. The molecule has 1 aromatic heterocycles. The standard InChI is InChI=1S/C13H22BrN3O2S2/c1-15-8-11-3-5-17(6-4-11)21(18,19)16(2)9-13-7-12(14)10-20-13/h7,10-11,15H,3-6,8-9H2,1-2H3. The van der Waals surface area contributed by atoms with Crippen LogP contribution >= 0.6 is 27.3 Å². The van der Waals surface area contributed by atoms with Crippen molar-refractivity contribution in [2.45, 2.75) is 19.4 Å². The zero-order valence-electron chi connectivity index (χ0n) is 12.4. The lowest BCUT2D eigenvalue weighted by Gasteiger charge is -2.33. The van der Waals surface area contributed by atoms with Crippen molar-refractivity contribution in [3.63, 3.8) is 0 Å². The van der Waals surface area contributed by atoms with Crippen molar-refractivity contribution >= 4 is 37.5 Å². The zero-order chi connectivity index (χ0) is 15.5. The van der Waals surface area contributed by atoms with Gasteiger partial charge in [0.15, 0.2) is 0 Å². The molecule has 2 rings (SSSR count). The van der Waals surface area contributed by atoms with Crippen LogP contribution in [0.5, 0.6) is 0 Å². The summed E-state index contributed by atoms with van der Waals surface area (Å²) in [6, 6.07) is 1.97. The number of nitrogens with one attached hydrogen (secondary N) is 1. The number of hydrogen-bond acceptors (Lipinski definition) is 4. The molecule has 1 N–H and O–H groups in total. The van der Waals surface area contributed by atoms with Gasteiger partial charge in [-0.25, -0.2) is 0 Å². The summed E-state index contributed by atoms with van der Waals surface area (Å²) in [7, 11) is 0.244. The molecule has 21 heavy (non-hydrogen) atoms. The highest BCUT2D eigenvalue weighted by atomic mass is 79.9. The third kappa shape index (κ3) is 4.49. The predicted molar refractivity (Wildman–Crippen MR) is 90.6 cm³/mol. The van der Waals surface area contributed by atoms with E-state index in [0.29, 0.717) is 25.6 Å². The van der Waals surface area contributed by atoms with Gasteiger partial charge in [-0.05, 0) is 54.3 Å². The monoisotopic (exact) mass is 395 g/mol. The van der Waals surface area contributed by atoms with Gasteiger partial charge in [-0.15, -0.1) is 11.3 Å². The fourth-order valence-corrected chi connectivity index (χ4v) is 5.52. The number of hydrogen-bond donors (Lipinski definition) is 1. The molecule has 0 unspecified atom stereocenters. The van der Waals surface area contributed by atoms with Crippen molar-refractivity contribution in [1.29, 1.82) is 0 Å². The number of nitrogens with zero attached hydrogens (tertiary/aromatic N) is 2. The highest BCUT2D eigenvalue weighted by Gasteiger charge is 2.31. The average molecular weight is 396 g/mol. The molecule has 2 heterocycles. The molecular weight excluding hydrogens is 374 g/mol. The van der Waals surface area contributed by atoms with Crippen LogP contribution in [0.4, 0.5) is 0 Å². The minimum Gasteiger partial charge on any atom is -0.319 e. The molecule has 5 nitrogen and oxygen atoms in total. The van der Waals surface area contributed by atoms with Crippen molar-refractivity contribution in [3.8, 4) is 0 Å². The minimum absolute atomic E-state index is 0.426. The molecule has 120 valence electrons. The highest BCUT2D eigenvalue weighted by molar-refractivity contribution is 9.10. The maximum Gasteiger partial charge on any atom is 0.282 e. The average Bonchev–Trinajstić information content (AvgIpc) is 2.85. The fraction of sp³-hybridized carbons (Fsp3) is 0.692. The van der Waals surface area contributed by atoms with E-state index in [9.17, 15) is 8.42 Å². The van der Waals surface area contributed by atoms with Crippen molar-refractivity contribution in [1.82, 2.24) is 13.9 Å². The predicted octanol–water partition coefficient (Wildman–Crippen LogP) is 2.12. The van der Waals surface area contributed by atoms with E-state index in [-0.39, 0.29) is 0 Å². The second-order valence-electron chi connectivity index (χ2n) is 5.40. The Morgan fingerprint density at radius 3 is 2.67 bits per heavy atom. The molecule has 0 amide bonds. The van der Waals surface area contributed by atoms with E-state index in [1.807, 2.05) is 18.5 Å². The van der Waals surface area contributed by atoms with Gasteiger partial charge >= 0.3 is 0 Å². The van der Waals surface area contributed by atoms with Gasteiger partial charge in [-0.3, -0.25) is 0 Å². The lowest BCUT2D eigenvalue weighted by Crippen LogP contribution is -2.46. The van der Waals surface area contributed by atoms with Crippen molar-refractivity contribution in [2.75, 3.05) is 33.7 Å². The van der Waals surface area contributed by atoms with Gasteiger partial charge in [0.2, 0.25) is 0 Å². The second-order valence-corrected chi connectivity index (χ2v) is 9.34. The first-order valence-corrected chi connectivity index (χ1v) is 10.1. The summed E-state index contributed by atoms with van der Waals surface area (Å²) < 4.78 is 29.2. The molecule has 0 saturated carbocycles. The Kier molecular flexibility index (Phi) is 6.22. The second kappa shape index (κ2) is 7.52. The number of halogens is 1. The van der Waals surface area contributed by atoms with Gasteiger partial charge in [0.1, 0.15) is 0 Å². The van der Waals surface area contributed by atoms with Gasteiger partial charge in [-0.1, -0.05) is 0 Å². The zero-order valence-corrected chi connectivity index (χ0v) is 15.6. The normalized spacial score (nSPS) is 18.5. The Hall–Kier alpha value is 0.01000. The smallest absolute Gasteiger partial charge is 0.282 e. The van der Waals surface area contributed by atoms with Crippen LogP contribution in [0.2, 0.25) is 0 Å². The van der Waals surface area contributed by atoms with Crippen LogP contribution in [0.25, 0.3) is 0 Å². The third-order valence-corrected chi connectivity index (χ3v) is 7.40. The molecule has 0 aromatic carbocycles. The van der Waals surface area contributed by atoms with Crippen LogP contribution in [0.1, 0.15) is 17.7 Å². The summed E-state index contributed by atoms with van der Waals surface area (Å²) in [6.45, 7) is 2.63. The number of thiophene rings is 1. The van der Waals surface area contributed by atoms with Gasteiger partial charge in [0.25, 0.3) is 10.2 Å². The molecule has 1 saturated heterocycles. The highest BCUT2D eigenvalue weighted by Crippen LogP contribution is 2.24. The molecule has 1 aliphatic heterocycles. The molecule has 8 heteroatoms. The van der Waals surface area contributed by atoms with Crippen molar-refractivity contribution in [3.05, 3.63) is 20.8 Å². The molecule has 1 aromatic rings. The van der Waals surface area contributed by atoms with E-state index in [1.54, 1.807) is 22.7 Å². The lowest BCUT2D eigenvalue weighted by atomic mass is 9.98. The molecular formula is C13H22BrN3O2S2. The van der Waals surface area contributed by atoms with E-state index in [0.717, 1.165) is 28.7 Å². The van der Waals surface area contributed by atoms with Crippen LogP contribution in [-0.4, -0.2) is 50.8 Å². The summed E-state index contributed by atoms with van der Waals surface area (Å²) >= 11 is 4.96. The van der Waals surface area contributed by atoms with Crippen molar-refractivity contribution < 1.29 is 8.42 Å². The third-order valence-electron chi connectivity index (χ3n) is 3.79. The number of piperidine rings is 1. The summed E-state index contributed by atoms with van der Waals surface area (Å²) in [5.74, 6) is 0.583. The Morgan fingerprint density at radius 2 is 2.14 bits per heavy atom. The minimum atomic E-state index is -3.35. The van der Waals surface area contributed by atoms with E-state index in [4.69, 9.17) is 0 Å². The Morgan fingerprint density at radius 1 is 1.48 bits per heavy atom. The van der Waals surface area contributed by atoms with Gasteiger partial charge in [-0.2, -0.15) is 17.0 Å². The van der Waals surface area contributed by atoms with E-state index < -0.39 is 10.2 Å². The Bertz CT molecular complexity index is 554. The fourth-order valence-electron chi connectivity index (χ4n) is 2.57. The van der Waals surface area contributed by atoms with Gasteiger partial charge in [0, 0.05) is 41.4 Å². The molecule has 0 atom stereocenters. The molecule has 0 spiro atoms. The first-order valence-electron chi connectivity index (χ1n) is 7.02. The topological polar surface area (TPSA) is 52.7 Å². The van der Waals surface area contributed by atoms with Crippen LogP contribution in [0.15, 0.2) is 15.9 Å². The first kappa shape index (κ1) is 17.4. The van der Waals surface area contributed by atoms with E-state index >= 15 is 0 Å². The van der Waals surface area contributed by atoms with Crippen LogP contribution in [0.3, 0.4) is 0 Å². The van der Waals surface area contributed by atoms with Crippen LogP contribution in [0, 0.1) is 5.92 Å². The van der Waals surface area contributed by atoms with E-state index in [1.165, 1.54) is 4.31 Å². The van der Waals surface area contributed by atoms with Gasteiger partial charge in [0.05, 0.1) is 0 Å². The Labute approximate surface area is 139 Å². The Balaban J connectivity index is 1.95. The van der Waals surface area contributed by atoms with Crippen LogP contribution in [-0.2, 0) is 16.8 Å². The molecule has 0 bridgehead atoms. The maximum atomic E-state index is 12.6. The first-order chi connectivity index (χ1) is 9.93. The molecule has 0 aliphatic carbocycles. The lowest BCUT2D eigenvalue weighted by molar-refractivity contribution is 0.256. The van der Waals surface area contributed by atoms with Crippen LogP contribution < -0.4 is 5.32 Å². The maximum absolute atomic E-state index is 12.6. The van der Waals surface area contributed by atoms with Crippen molar-refractivity contribution in [2.24, 2.45) is 5.92 Å². The summed E-state index contributed by atoms with van der Waals surface area (Å²) in [5, 5.41) is 5.14. The molecule has 0 radical (unpaired) electrons. The molecule has 1 fully saturated rings. The molecule has 1 aliphatic rings.